The molecule has 3 N–H and O–H groups in total. The lowest BCUT2D eigenvalue weighted by molar-refractivity contribution is -0.125. The van der Waals surface area contributed by atoms with Gasteiger partial charge in [0.25, 0.3) is 0 Å². The Kier molecular flexibility index (Phi) is 5.66. The molecule has 2 aromatic rings. The Morgan fingerprint density at radius 2 is 2.12 bits per heavy atom. The van der Waals surface area contributed by atoms with E-state index in [9.17, 15) is 4.79 Å². The summed E-state index contributed by atoms with van der Waals surface area (Å²) in [6.45, 7) is 5.51. The zero-order valence-electron chi connectivity index (χ0n) is 14.1. The van der Waals surface area contributed by atoms with Crippen LogP contribution in [0.25, 0.3) is 0 Å². The minimum atomic E-state index is -0.269. The van der Waals surface area contributed by atoms with E-state index in [2.05, 4.69) is 21.7 Å². The molecule has 1 amide bonds. The summed E-state index contributed by atoms with van der Waals surface area (Å²) in [6, 6.07) is 11.8. The van der Waals surface area contributed by atoms with Crippen molar-refractivity contribution in [2.45, 2.75) is 25.9 Å². The van der Waals surface area contributed by atoms with Gasteiger partial charge in [0.1, 0.15) is 0 Å². The van der Waals surface area contributed by atoms with Gasteiger partial charge in [-0.05, 0) is 29.0 Å². The minimum absolute atomic E-state index is 0.0274. The molecule has 128 valence electrons. The predicted molar refractivity (Wildman–Crippen MR) is 98.8 cm³/mol. The van der Waals surface area contributed by atoms with E-state index in [1.807, 2.05) is 48.6 Å². The van der Waals surface area contributed by atoms with Crippen LogP contribution in [0.4, 0.5) is 0 Å². The molecule has 5 heteroatoms. The number of fused-ring (bicyclic) bond motifs is 1. The molecule has 0 bridgehead atoms. The topological polar surface area (TPSA) is 58.4 Å². The maximum Gasteiger partial charge on any atom is 0.224 e. The number of thiophene rings is 1. The summed E-state index contributed by atoms with van der Waals surface area (Å²) in [5.74, 6) is -0.211. The van der Waals surface area contributed by atoms with Crippen LogP contribution < -0.4 is 11.1 Å². The molecule has 1 aromatic heterocycles. The molecule has 4 nitrogen and oxygen atoms in total. The van der Waals surface area contributed by atoms with Gasteiger partial charge in [0.15, 0.2) is 0 Å². The first-order valence-corrected chi connectivity index (χ1v) is 9.39. The number of nitrogens with zero attached hydrogens (tertiary/aromatic N) is 1. The van der Waals surface area contributed by atoms with Crippen LogP contribution in [0.1, 0.15) is 29.0 Å². The molecular weight excluding hydrogens is 318 g/mol. The normalized spacial score (nSPS) is 17.1. The number of carbonyl (C=O) groups is 1. The Bertz CT molecular complexity index is 670. The van der Waals surface area contributed by atoms with E-state index in [0.29, 0.717) is 6.54 Å². The van der Waals surface area contributed by atoms with Crippen LogP contribution in [-0.4, -0.2) is 30.4 Å². The van der Waals surface area contributed by atoms with Gasteiger partial charge in [-0.2, -0.15) is 0 Å². The molecule has 0 saturated carbocycles. The van der Waals surface area contributed by atoms with Gasteiger partial charge >= 0.3 is 0 Å². The highest BCUT2D eigenvalue weighted by Gasteiger charge is 2.22. The number of carbonyl (C=O) groups excluding carboxylic acids is 1. The molecule has 1 aliphatic rings. The first-order chi connectivity index (χ1) is 11.6. The number of rotatable bonds is 6. The van der Waals surface area contributed by atoms with Gasteiger partial charge in [-0.1, -0.05) is 37.3 Å². The fourth-order valence-corrected chi connectivity index (χ4v) is 4.01. The standard InChI is InChI=1S/C19H25N3OS/c1-14(18(20)15-5-3-2-4-6-15)19(23)21-9-11-22-10-7-17-16(13-22)8-12-24-17/h2-6,8,12,14,18H,7,9-11,13,20H2,1H3,(H,21,23). The highest BCUT2D eigenvalue weighted by Crippen LogP contribution is 2.23. The molecule has 0 radical (unpaired) electrons. The zero-order chi connectivity index (χ0) is 16.9. The Hall–Kier alpha value is -1.69. The van der Waals surface area contributed by atoms with Crippen molar-refractivity contribution in [3.05, 3.63) is 57.8 Å². The molecule has 2 atom stereocenters. The summed E-state index contributed by atoms with van der Waals surface area (Å²) in [5.41, 5.74) is 8.67. The fourth-order valence-electron chi connectivity index (χ4n) is 3.12. The van der Waals surface area contributed by atoms with Gasteiger partial charge < -0.3 is 11.1 Å². The van der Waals surface area contributed by atoms with Crippen molar-refractivity contribution in [3.8, 4) is 0 Å². The average molecular weight is 343 g/mol. The molecular formula is C19H25N3OS. The van der Waals surface area contributed by atoms with Crippen molar-refractivity contribution in [1.29, 1.82) is 0 Å². The van der Waals surface area contributed by atoms with Crippen LogP contribution in [-0.2, 0) is 17.8 Å². The van der Waals surface area contributed by atoms with E-state index >= 15 is 0 Å². The van der Waals surface area contributed by atoms with Gasteiger partial charge in [0, 0.05) is 37.1 Å². The average Bonchev–Trinajstić information content (AvgIpc) is 3.09. The quantitative estimate of drug-likeness (QED) is 0.847. The second-order valence-electron chi connectivity index (χ2n) is 6.41. The van der Waals surface area contributed by atoms with Crippen molar-refractivity contribution < 1.29 is 4.79 Å². The highest BCUT2D eigenvalue weighted by atomic mass is 32.1. The van der Waals surface area contributed by atoms with Crippen molar-refractivity contribution >= 4 is 17.2 Å². The maximum absolute atomic E-state index is 12.3. The maximum atomic E-state index is 12.3. The first-order valence-electron chi connectivity index (χ1n) is 8.51. The smallest absolute Gasteiger partial charge is 0.224 e. The number of amides is 1. The van der Waals surface area contributed by atoms with Crippen LogP contribution in [0.3, 0.4) is 0 Å². The molecule has 0 aliphatic carbocycles. The van der Waals surface area contributed by atoms with Crippen LogP contribution in [0, 0.1) is 5.92 Å². The summed E-state index contributed by atoms with van der Waals surface area (Å²) in [4.78, 5) is 16.3. The van der Waals surface area contributed by atoms with Crippen molar-refractivity contribution in [2.75, 3.05) is 19.6 Å². The van der Waals surface area contributed by atoms with Crippen molar-refractivity contribution in [1.82, 2.24) is 10.2 Å². The third-order valence-electron chi connectivity index (χ3n) is 4.75. The lowest BCUT2D eigenvalue weighted by Crippen LogP contribution is -2.41. The Morgan fingerprint density at radius 1 is 1.33 bits per heavy atom. The highest BCUT2D eigenvalue weighted by molar-refractivity contribution is 7.10. The third kappa shape index (κ3) is 4.04. The Morgan fingerprint density at radius 3 is 2.92 bits per heavy atom. The SMILES string of the molecule is CC(C(=O)NCCN1CCc2sccc2C1)C(N)c1ccccc1. The van der Waals surface area contributed by atoms with E-state index in [-0.39, 0.29) is 17.9 Å². The largest absolute Gasteiger partial charge is 0.355 e. The summed E-state index contributed by atoms with van der Waals surface area (Å²) in [5, 5.41) is 5.21. The van der Waals surface area contributed by atoms with E-state index in [1.165, 1.54) is 10.4 Å². The zero-order valence-corrected chi connectivity index (χ0v) is 14.9. The Balaban J connectivity index is 1.44. The molecule has 24 heavy (non-hydrogen) atoms. The van der Waals surface area contributed by atoms with Crippen molar-refractivity contribution in [2.24, 2.45) is 11.7 Å². The minimum Gasteiger partial charge on any atom is -0.355 e. The molecule has 2 heterocycles. The molecule has 0 spiro atoms. The monoisotopic (exact) mass is 343 g/mol. The molecule has 1 aliphatic heterocycles. The predicted octanol–water partition coefficient (Wildman–Crippen LogP) is 2.56. The van der Waals surface area contributed by atoms with Gasteiger partial charge in [-0.25, -0.2) is 0 Å². The summed E-state index contributed by atoms with van der Waals surface area (Å²) in [7, 11) is 0. The number of hydrogen-bond acceptors (Lipinski definition) is 4. The Labute approximate surface area is 147 Å². The molecule has 0 fully saturated rings. The number of nitrogens with one attached hydrogen (secondary N) is 1. The van der Waals surface area contributed by atoms with Gasteiger partial charge in [-0.3, -0.25) is 9.69 Å². The second-order valence-corrected chi connectivity index (χ2v) is 7.41. The lowest BCUT2D eigenvalue weighted by Gasteiger charge is -2.27. The van der Waals surface area contributed by atoms with E-state index in [4.69, 9.17) is 5.73 Å². The first kappa shape index (κ1) is 17.1. The van der Waals surface area contributed by atoms with E-state index in [0.717, 1.165) is 31.6 Å². The van der Waals surface area contributed by atoms with Gasteiger partial charge in [0.05, 0.1) is 5.92 Å². The van der Waals surface area contributed by atoms with Crippen molar-refractivity contribution in [3.63, 3.8) is 0 Å². The second kappa shape index (κ2) is 7.92. The fraction of sp³-hybridized carbons (Fsp3) is 0.421. The summed E-state index contributed by atoms with van der Waals surface area (Å²) >= 11 is 1.85. The van der Waals surface area contributed by atoms with Crippen LogP contribution >= 0.6 is 11.3 Å². The molecule has 2 unspecified atom stereocenters. The molecule has 1 aromatic carbocycles. The number of benzene rings is 1. The lowest BCUT2D eigenvalue weighted by atomic mass is 9.95. The summed E-state index contributed by atoms with van der Waals surface area (Å²) in [6.07, 6.45) is 1.12. The molecule has 0 saturated heterocycles. The van der Waals surface area contributed by atoms with E-state index < -0.39 is 0 Å². The van der Waals surface area contributed by atoms with Gasteiger partial charge in [0.2, 0.25) is 5.91 Å². The summed E-state index contributed by atoms with van der Waals surface area (Å²) < 4.78 is 0. The number of hydrogen-bond donors (Lipinski definition) is 2. The van der Waals surface area contributed by atoms with Crippen LogP contribution in [0.5, 0.6) is 0 Å². The van der Waals surface area contributed by atoms with Crippen LogP contribution in [0.2, 0.25) is 0 Å². The van der Waals surface area contributed by atoms with Gasteiger partial charge in [-0.15, -0.1) is 11.3 Å². The third-order valence-corrected chi connectivity index (χ3v) is 5.77. The number of nitrogens with two attached hydrogens (primary N) is 1. The van der Waals surface area contributed by atoms with Crippen LogP contribution in [0.15, 0.2) is 41.8 Å². The molecule has 3 rings (SSSR count). The van der Waals surface area contributed by atoms with E-state index in [1.54, 1.807) is 0 Å².